The first-order valence-electron chi connectivity index (χ1n) is 38.8. The Labute approximate surface area is 612 Å². The van der Waals surface area contributed by atoms with Gasteiger partial charge in [-0.15, -0.1) is 0 Å². The quantitative estimate of drug-likeness (QED) is 0.0146. The Morgan fingerprint density at radius 3 is 0.861 bits per heavy atom. The summed E-state index contributed by atoms with van der Waals surface area (Å²) in [5.74, 6) is -1.67. The van der Waals surface area contributed by atoms with Gasteiger partial charge in [0.25, 0.3) is 0 Å². The smallest absolute Gasteiger partial charge is 0.463 e. The van der Waals surface area contributed by atoms with Gasteiger partial charge < -0.3 is 34.2 Å². The second kappa shape index (κ2) is 74.9. The Kier molecular flexibility index (Phi) is 71.3. The fourth-order valence-corrected chi connectivity index (χ4v) is 11.5. The normalized spacial score (nSPS) is 14.9. The van der Waals surface area contributed by atoms with E-state index in [2.05, 4.69) is 167 Å². The maximum Gasteiger partial charge on any atom is 0.472 e. The minimum Gasteiger partial charge on any atom is -0.463 e. The van der Waals surface area contributed by atoms with Gasteiger partial charge in [-0.3, -0.25) is 32.5 Å². The lowest BCUT2D eigenvalue weighted by atomic mass is 10.0. The summed E-state index contributed by atoms with van der Waals surface area (Å²) < 4.78 is 61.0. The molecule has 0 aromatic heterocycles. The second-order valence-electron chi connectivity index (χ2n) is 25.4. The van der Waals surface area contributed by atoms with Gasteiger partial charge in [-0.1, -0.05) is 288 Å². The highest BCUT2D eigenvalue weighted by molar-refractivity contribution is 7.47. The zero-order valence-electron chi connectivity index (χ0n) is 62.8. The largest absolute Gasteiger partial charge is 0.472 e. The van der Waals surface area contributed by atoms with E-state index in [0.29, 0.717) is 25.7 Å². The monoisotopic (exact) mass is 1450 g/mol. The maximum atomic E-state index is 12.9. The molecule has 16 nitrogen and oxygen atoms in total. The molecule has 0 aromatic carbocycles. The molecule has 0 aromatic rings. The van der Waals surface area contributed by atoms with E-state index in [-0.39, 0.29) is 19.3 Å². The predicted octanol–water partition coefficient (Wildman–Crippen LogP) is 22.6. The van der Waals surface area contributed by atoms with Crippen LogP contribution in [0.3, 0.4) is 0 Å². The molecule has 0 spiro atoms. The molecule has 0 amide bonds. The maximum absolute atomic E-state index is 12.9. The van der Waals surface area contributed by atoms with Crippen LogP contribution >= 0.6 is 15.6 Å². The van der Waals surface area contributed by atoms with Crippen LogP contribution in [-0.2, 0) is 55.8 Å². The van der Waals surface area contributed by atoms with E-state index in [0.717, 1.165) is 141 Å². The number of ether oxygens (including phenoxy) is 3. The molecule has 0 rings (SSSR count). The van der Waals surface area contributed by atoms with Crippen molar-refractivity contribution in [1.82, 2.24) is 0 Å². The van der Waals surface area contributed by atoms with Crippen LogP contribution in [0, 0.1) is 0 Å². The van der Waals surface area contributed by atoms with Crippen LogP contribution in [0.1, 0.15) is 290 Å². The summed E-state index contributed by atoms with van der Waals surface area (Å²) >= 11 is 0. The number of hydrogen-bond donors (Lipinski definition) is 4. The van der Waals surface area contributed by atoms with E-state index in [1.54, 1.807) is 0 Å². The van der Waals surface area contributed by atoms with Gasteiger partial charge in [-0.2, -0.15) is 0 Å². The molecule has 576 valence electrons. The molecule has 18 heteroatoms. The van der Waals surface area contributed by atoms with Gasteiger partial charge in [0, 0.05) is 19.3 Å². The first kappa shape index (κ1) is 96.2. The number of unbranched alkanes of at least 4 members (excludes halogenated alkanes) is 23. The van der Waals surface area contributed by atoms with Gasteiger partial charge in [0.05, 0.1) is 26.4 Å². The minimum absolute atomic E-state index is 0.0176. The Hall–Kier alpha value is -4.83. The number of aliphatic hydroxyl groups excluding tert-OH is 2. The summed E-state index contributed by atoms with van der Waals surface area (Å²) in [6, 6.07) is 0. The molecule has 0 bridgehead atoms. The van der Waals surface area contributed by atoms with Gasteiger partial charge >= 0.3 is 33.6 Å². The van der Waals surface area contributed by atoms with Gasteiger partial charge in [-0.05, 0) is 141 Å². The molecule has 101 heavy (non-hydrogen) atoms. The van der Waals surface area contributed by atoms with E-state index >= 15 is 0 Å². The van der Waals surface area contributed by atoms with Gasteiger partial charge in [0.1, 0.15) is 25.4 Å². The highest BCUT2D eigenvalue weighted by Gasteiger charge is 2.29. The number of rotatable bonds is 72. The Morgan fingerprint density at radius 2 is 0.535 bits per heavy atom. The molecule has 4 N–H and O–H groups in total. The summed E-state index contributed by atoms with van der Waals surface area (Å²) in [4.78, 5) is 58.6. The van der Waals surface area contributed by atoms with Crippen LogP contribution < -0.4 is 0 Å². The summed E-state index contributed by atoms with van der Waals surface area (Å²) in [7, 11) is -9.82. The van der Waals surface area contributed by atoms with Crippen molar-refractivity contribution < 1.29 is 75.8 Å². The Morgan fingerprint density at radius 1 is 0.287 bits per heavy atom. The molecule has 0 aliphatic heterocycles. The van der Waals surface area contributed by atoms with E-state index in [9.17, 15) is 43.5 Å². The molecule has 5 atom stereocenters. The fourth-order valence-electron chi connectivity index (χ4n) is 9.88. The molecule has 5 unspecified atom stereocenters. The number of carbonyl (C=O) groups is 3. The van der Waals surface area contributed by atoms with Crippen LogP contribution in [0.5, 0.6) is 0 Å². The van der Waals surface area contributed by atoms with Gasteiger partial charge in [0.15, 0.2) is 6.10 Å². The third-order valence-corrected chi connectivity index (χ3v) is 17.6. The first-order chi connectivity index (χ1) is 49.2. The van der Waals surface area contributed by atoms with Gasteiger partial charge in [0.2, 0.25) is 0 Å². The Balaban J connectivity index is 4.60. The molecule has 0 fully saturated rings. The molecule has 0 heterocycles. The van der Waals surface area contributed by atoms with Crippen LogP contribution in [0.4, 0.5) is 0 Å². The standard InChI is InChI=1S/C83H138O16P2/c1-4-7-10-13-16-19-22-25-28-31-33-34-35-36-37-38-39-40-41-42-44-47-48-51-54-57-60-63-66-69-81(86)93-72-78(84)73-95-100(89,90)96-74-79(85)75-97-101(91,92)98-77-80(99-83(88)71-68-65-62-59-56-53-50-45-30-27-24-21-18-15-12-9-6-3)76-94-82(87)70-67-64-61-58-55-52-49-46-43-32-29-26-23-20-17-14-11-8-5-2/h8-9,11-12,16-21,25-30,33-34,36-37,43,46,50,53,59,62,78-80,84-85H,4-7,10,13-15,22-24,31-32,35,38-42,44-45,47-49,51-52,54-58,60-61,63-77H2,1-3H3,(H,89,90)(H,91,92)/b11-8-,12-9-,19-16-,20-17-,21-18-,28-25-,29-26-,30-27-,34-33-,37-36-,46-43-,53-50-,62-59-. The van der Waals surface area contributed by atoms with Crippen LogP contribution in [0.2, 0.25) is 0 Å². The number of phosphoric acid groups is 2. The molecule has 0 aliphatic rings. The number of esters is 3. The SMILES string of the molecule is CC/C=C\C/C=C\C/C=C\C/C=C\C/C=C\CCCC(=O)OC(COC(=O)CCCCCCCC/C=C\C/C=C\C/C=C\C/C=C\CC)COP(=O)(O)OCC(O)COP(=O)(O)OCC(O)COC(=O)CCCCCCCCCCCCCCC/C=C\C/C=C\C/C=C\C/C=C\CCCCC. The van der Waals surface area contributed by atoms with Crippen molar-refractivity contribution in [3.63, 3.8) is 0 Å². The second-order valence-corrected chi connectivity index (χ2v) is 28.3. The molecule has 0 saturated carbocycles. The van der Waals surface area contributed by atoms with Crippen molar-refractivity contribution in [2.24, 2.45) is 0 Å². The Bertz CT molecular complexity index is 2470. The predicted molar refractivity (Wildman–Crippen MR) is 417 cm³/mol. The third kappa shape index (κ3) is 76.1. The number of allylic oxidation sites excluding steroid dienone is 26. The average molecular weight is 1450 g/mol. The summed E-state index contributed by atoms with van der Waals surface area (Å²) in [5.41, 5.74) is 0. The third-order valence-electron chi connectivity index (χ3n) is 15.7. The van der Waals surface area contributed by atoms with Crippen LogP contribution in [0.25, 0.3) is 0 Å². The lowest BCUT2D eigenvalue weighted by molar-refractivity contribution is -0.161. The lowest BCUT2D eigenvalue weighted by Gasteiger charge is -2.21. The van der Waals surface area contributed by atoms with Gasteiger partial charge in [-0.25, -0.2) is 9.13 Å². The molecule has 0 saturated heterocycles. The van der Waals surface area contributed by atoms with Crippen LogP contribution in [0.15, 0.2) is 158 Å². The van der Waals surface area contributed by atoms with Crippen molar-refractivity contribution in [3.05, 3.63) is 158 Å². The van der Waals surface area contributed by atoms with Crippen LogP contribution in [-0.4, -0.2) is 95.9 Å². The number of phosphoric ester groups is 2. The lowest BCUT2D eigenvalue weighted by Crippen LogP contribution is -2.30. The van der Waals surface area contributed by atoms with Crippen molar-refractivity contribution >= 4 is 33.6 Å². The molecule has 0 radical (unpaired) electrons. The zero-order valence-corrected chi connectivity index (χ0v) is 64.6. The summed E-state index contributed by atoms with van der Waals surface area (Å²) in [5, 5.41) is 20.6. The first-order valence-corrected chi connectivity index (χ1v) is 41.8. The number of carbonyl (C=O) groups excluding carboxylic acids is 3. The van der Waals surface area contributed by atoms with Crippen molar-refractivity contribution in [3.8, 4) is 0 Å². The topological polar surface area (TPSA) is 231 Å². The molecular weight excluding hydrogens is 1310 g/mol. The number of hydrogen-bond acceptors (Lipinski definition) is 14. The highest BCUT2D eigenvalue weighted by atomic mass is 31.2. The fraction of sp³-hybridized carbons (Fsp3) is 0.651. The van der Waals surface area contributed by atoms with Crippen molar-refractivity contribution in [1.29, 1.82) is 0 Å². The van der Waals surface area contributed by atoms with E-state index in [1.165, 1.54) is 83.5 Å². The van der Waals surface area contributed by atoms with E-state index < -0.39 is 91.5 Å². The summed E-state index contributed by atoms with van der Waals surface area (Å²) in [6.07, 6.45) is 93.0. The van der Waals surface area contributed by atoms with E-state index in [4.69, 9.17) is 32.3 Å². The minimum atomic E-state index is -4.95. The van der Waals surface area contributed by atoms with Crippen molar-refractivity contribution in [2.75, 3.05) is 39.6 Å². The highest BCUT2D eigenvalue weighted by Crippen LogP contribution is 2.45. The average Bonchev–Trinajstić information content (AvgIpc) is 0.995. The number of aliphatic hydroxyl groups is 2. The van der Waals surface area contributed by atoms with E-state index in [1.807, 2.05) is 12.2 Å². The zero-order chi connectivity index (χ0) is 73.7. The summed E-state index contributed by atoms with van der Waals surface area (Å²) in [6.45, 7) is 2.33. The van der Waals surface area contributed by atoms with Crippen molar-refractivity contribution in [2.45, 2.75) is 309 Å². The molecule has 0 aliphatic carbocycles. The molecular formula is C83H138O16P2.